The lowest BCUT2D eigenvalue weighted by Crippen LogP contribution is -2.40. The van der Waals surface area contributed by atoms with Crippen LogP contribution in [-0.2, 0) is 4.74 Å². The first-order valence-electron chi connectivity index (χ1n) is 14.3. The van der Waals surface area contributed by atoms with E-state index < -0.39 is 5.60 Å². The standard InChI is InChI=1S/C35H36FN3O3/c1-23(38-33(40)29-21-28-7-5-6-8-31(28)37-22-29)24-9-11-25(12-10-24)32(26-13-15-30(36)16-14-26)27-17-19-39(20-18-27)34(41)42-35(2,3)4/h5-16,21-23H,17-20H2,1-4H3,(H,38,40)/t23-/m1/s1. The topological polar surface area (TPSA) is 71.5 Å². The molecule has 4 aromatic rings. The van der Waals surface area contributed by atoms with Gasteiger partial charge >= 0.3 is 6.09 Å². The lowest BCUT2D eigenvalue weighted by Gasteiger charge is -2.32. The summed E-state index contributed by atoms with van der Waals surface area (Å²) in [5.74, 6) is -0.472. The second-order valence-electron chi connectivity index (χ2n) is 11.7. The van der Waals surface area contributed by atoms with Crippen molar-refractivity contribution in [2.75, 3.05) is 13.1 Å². The molecule has 2 heterocycles. The number of ether oxygens (including phenoxy) is 1. The van der Waals surface area contributed by atoms with Crippen LogP contribution in [0.3, 0.4) is 0 Å². The number of aromatic nitrogens is 1. The van der Waals surface area contributed by atoms with Gasteiger partial charge in [0.2, 0.25) is 0 Å². The summed E-state index contributed by atoms with van der Waals surface area (Å²) < 4.78 is 19.4. The number of rotatable bonds is 5. The molecule has 1 N–H and O–H groups in total. The molecule has 1 fully saturated rings. The average Bonchev–Trinajstić information content (AvgIpc) is 2.98. The minimum absolute atomic E-state index is 0.185. The third-order valence-corrected chi connectivity index (χ3v) is 7.40. The van der Waals surface area contributed by atoms with Gasteiger partial charge < -0.3 is 15.0 Å². The maximum absolute atomic E-state index is 13.8. The van der Waals surface area contributed by atoms with Gasteiger partial charge in [-0.1, -0.05) is 60.2 Å². The number of hydrogen-bond donors (Lipinski definition) is 1. The molecule has 0 saturated carbocycles. The average molecular weight is 566 g/mol. The van der Waals surface area contributed by atoms with Crippen LogP contribution >= 0.6 is 0 Å². The fraction of sp³-hybridized carbons (Fsp3) is 0.286. The summed E-state index contributed by atoms with van der Waals surface area (Å²) in [6.45, 7) is 8.66. The highest BCUT2D eigenvalue weighted by Gasteiger charge is 2.26. The molecule has 7 heteroatoms. The Kier molecular flexibility index (Phi) is 8.39. The first-order valence-corrected chi connectivity index (χ1v) is 14.3. The van der Waals surface area contributed by atoms with E-state index in [4.69, 9.17) is 4.74 Å². The number of nitrogens with one attached hydrogen (secondary N) is 1. The molecule has 0 aliphatic carbocycles. The Balaban J connectivity index is 1.34. The molecule has 1 aliphatic heterocycles. The number of fused-ring (bicyclic) bond motifs is 1. The minimum Gasteiger partial charge on any atom is -0.444 e. The zero-order valence-corrected chi connectivity index (χ0v) is 24.5. The third kappa shape index (κ3) is 6.85. The Morgan fingerprint density at radius 3 is 2.17 bits per heavy atom. The van der Waals surface area contributed by atoms with E-state index in [2.05, 4.69) is 10.3 Å². The molecule has 3 aromatic carbocycles. The van der Waals surface area contributed by atoms with Crippen molar-refractivity contribution in [2.24, 2.45) is 0 Å². The molecule has 6 nitrogen and oxygen atoms in total. The smallest absolute Gasteiger partial charge is 0.410 e. The van der Waals surface area contributed by atoms with Gasteiger partial charge in [-0.15, -0.1) is 0 Å². The highest BCUT2D eigenvalue weighted by Crippen LogP contribution is 2.33. The number of hydrogen-bond acceptors (Lipinski definition) is 4. The Hall–Kier alpha value is -4.52. The molecule has 1 atom stereocenters. The number of para-hydroxylation sites is 1. The monoisotopic (exact) mass is 565 g/mol. The van der Waals surface area contributed by atoms with Crippen LogP contribution in [0, 0.1) is 5.82 Å². The van der Waals surface area contributed by atoms with Crippen molar-refractivity contribution in [1.29, 1.82) is 0 Å². The summed E-state index contributed by atoms with van der Waals surface area (Å²) >= 11 is 0. The van der Waals surface area contributed by atoms with E-state index in [-0.39, 0.29) is 23.9 Å². The van der Waals surface area contributed by atoms with Gasteiger partial charge in [0, 0.05) is 24.7 Å². The molecule has 2 amide bonds. The number of benzene rings is 3. The predicted octanol–water partition coefficient (Wildman–Crippen LogP) is 7.70. The van der Waals surface area contributed by atoms with Crippen LogP contribution in [0.4, 0.5) is 9.18 Å². The van der Waals surface area contributed by atoms with E-state index >= 15 is 0 Å². The van der Waals surface area contributed by atoms with Crippen LogP contribution in [0.1, 0.15) is 73.6 Å². The summed E-state index contributed by atoms with van der Waals surface area (Å²) in [7, 11) is 0. The van der Waals surface area contributed by atoms with Crippen molar-refractivity contribution in [3.8, 4) is 0 Å². The van der Waals surface area contributed by atoms with Crippen LogP contribution in [0.25, 0.3) is 16.5 Å². The highest BCUT2D eigenvalue weighted by molar-refractivity contribution is 5.97. The first kappa shape index (κ1) is 29.0. The molecule has 0 spiro atoms. The molecular formula is C35H36FN3O3. The molecule has 216 valence electrons. The molecule has 1 aliphatic rings. The number of nitrogens with zero attached hydrogens (tertiary/aromatic N) is 2. The van der Waals surface area contributed by atoms with Crippen LogP contribution in [-0.4, -0.2) is 40.6 Å². The Bertz CT molecular complexity index is 1610. The SMILES string of the molecule is C[C@@H](NC(=O)c1cnc2ccccc2c1)c1ccc(C(=C2CCN(C(=O)OC(C)(C)C)CC2)c2ccc(F)cc2)cc1. The molecule has 0 radical (unpaired) electrons. The number of likely N-dealkylation sites (tertiary alicyclic amines) is 1. The van der Waals surface area contributed by atoms with E-state index in [0.717, 1.165) is 33.2 Å². The molecule has 0 bridgehead atoms. The normalized spacial score (nSPS) is 14.4. The third-order valence-electron chi connectivity index (χ3n) is 7.40. The van der Waals surface area contributed by atoms with E-state index in [1.54, 1.807) is 23.2 Å². The molecule has 1 aromatic heterocycles. The van der Waals surface area contributed by atoms with Crippen LogP contribution in [0.15, 0.2) is 90.6 Å². The zero-order valence-electron chi connectivity index (χ0n) is 24.5. The van der Waals surface area contributed by atoms with Gasteiger partial charge in [-0.25, -0.2) is 9.18 Å². The van der Waals surface area contributed by atoms with E-state index in [1.807, 2.05) is 82.3 Å². The van der Waals surface area contributed by atoms with Crippen molar-refractivity contribution >= 4 is 28.5 Å². The van der Waals surface area contributed by atoms with Crippen LogP contribution < -0.4 is 5.32 Å². The highest BCUT2D eigenvalue weighted by atomic mass is 19.1. The summed E-state index contributed by atoms with van der Waals surface area (Å²) in [6, 6.07) is 24.0. The fourth-order valence-electron chi connectivity index (χ4n) is 5.22. The number of pyridine rings is 1. The van der Waals surface area contributed by atoms with Gasteiger partial charge in [-0.3, -0.25) is 9.78 Å². The Morgan fingerprint density at radius 2 is 1.52 bits per heavy atom. The zero-order chi connectivity index (χ0) is 29.9. The maximum Gasteiger partial charge on any atom is 0.410 e. The van der Waals surface area contributed by atoms with Crippen molar-refractivity contribution in [2.45, 2.75) is 52.2 Å². The summed E-state index contributed by atoms with van der Waals surface area (Å²) in [6.07, 6.45) is 2.69. The Morgan fingerprint density at radius 1 is 0.905 bits per heavy atom. The quantitative estimate of drug-likeness (QED) is 0.269. The maximum atomic E-state index is 13.8. The lowest BCUT2D eigenvalue weighted by atomic mass is 9.88. The second-order valence-corrected chi connectivity index (χ2v) is 11.7. The van der Waals surface area contributed by atoms with Crippen molar-refractivity contribution in [3.05, 3.63) is 119 Å². The summed E-state index contributed by atoms with van der Waals surface area (Å²) in [4.78, 5) is 31.7. The van der Waals surface area contributed by atoms with Crippen molar-refractivity contribution < 1.29 is 18.7 Å². The number of carbonyl (C=O) groups excluding carboxylic acids is 2. The number of amides is 2. The summed E-state index contributed by atoms with van der Waals surface area (Å²) in [5, 5.41) is 3.99. The molecular weight excluding hydrogens is 529 g/mol. The predicted molar refractivity (Wildman–Crippen MR) is 164 cm³/mol. The van der Waals surface area contributed by atoms with Gasteiger partial charge in [0.05, 0.1) is 17.1 Å². The van der Waals surface area contributed by atoms with Gasteiger partial charge in [0.1, 0.15) is 11.4 Å². The van der Waals surface area contributed by atoms with E-state index in [9.17, 15) is 14.0 Å². The molecule has 1 saturated heterocycles. The number of piperidine rings is 1. The van der Waals surface area contributed by atoms with E-state index in [1.165, 1.54) is 17.7 Å². The first-order chi connectivity index (χ1) is 20.1. The summed E-state index contributed by atoms with van der Waals surface area (Å²) in [5.41, 5.74) is 5.96. The van der Waals surface area contributed by atoms with E-state index in [0.29, 0.717) is 31.5 Å². The lowest BCUT2D eigenvalue weighted by molar-refractivity contribution is 0.0236. The Labute approximate surface area is 246 Å². The van der Waals surface area contributed by atoms with Crippen LogP contribution in [0.2, 0.25) is 0 Å². The van der Waals surface area contributed by atoms with Gasteiger partial charge in [0.25, 0.3) is 5.91 Å². The second kappa shape index (κ2) is 12.1. The minimum atomic E-state index is -0.544. The van der Waals surface area contributed by atoms with Gasteiger partial charge in [0.15, 0.2) is 0 Å². The molecule has 0 unspecified atom stereocenters. The number of carbonyl (C=O) groups is 2. The van der Waals surface area contributed by atoms with Gasteiger partial charge in [-0.2, -0.15) is 0 Å². The molecule has 42 heavy (non-hydrogen) atoms. The molecule has 5 rings (SSSR count). The largest absolute Gasteiger partial charge is 0.444 e. The van der Waals surface area contributed by atoms with Crippen molar-refractivity contribution in [3.63, 3.8) is 0 Å². The fourth-order valence-corrected chi connectivity index (χ4v) is 5.22. The van der Waals surface area contributed by atoms with Crippen molar-refractivity contribution in [1.82, 2.24) is 15.2 Å². The van der Waals surface area contributed by atoms with Gasteiger partial charge in [-0.05, 0) is 87.1 Å². The number of halogens is 1. The van der Waals surface area contributed by atoms with Crippen LogP contribution in [0.5, 0.6) is 0 Å².